The van der Waals surface area contributed by atoms with Crippen molar-refractivity contribution in [3.05, 3.63) is 17.5 Å². The summed E-state index contributed by atoms with van der Waals surface area (Å²) in [6.07, 6.45) is 2.15. The summed E-state index contributed by atoms with van der Waals surface area (Å²) in [5, 5.41) is 3.00. The summed E-state index contributed by atoms with van der Waals surface area (Å²) in [5.41, 5.74) is 2.25. The Balaban J connectivity index is 3.00. The van der Waals surface area contributed by atoms with Gasteiger partial charge in [-0.3, -0.25) is 0 Å². The predicted molar refractivity (Wildman–Crippen MR) is 59.7 cm³/mol. The van der Waals surface area contributed by atoms with E-state index in [9.17, 15) is 0 Å². The molecule has 78 valence electrons. The van der Waals surface area contributed by atoms with Crippen LogP contribution in [0.5, 0.6) is 0 Å². The van der Waals surface area contributed by atoms with Crippen LogP contribution >= 0.6 is 0 Å². The zero-order valence-corrected chi connectivity index (χ0v) is 9.46. The topological polar surface area (TPSA) is 37.8 Å². The van der Waals surface area contributed by atoms with Crippen LogP contribution in [0, 0.1) is 0 Å². The molecule has 3 heteroatoms. The van der Waals surface area contributed by atoms with E-state index in [0.29, 0.717) is 5.92 Å². The first-order valence-electron chi connectivity index (χ1n) is 5.23. The van der Waals surface area contributed by atoms with Crippen molar-refractivity contribution in [3.8, 4) is 0 Å². The molecule has 0 spiro atoms. The first kappa shape index (κ1) is 11.0. The second-order valence-corrected chi connectivity index (χ2v) is 3.76. The zero-order chi connectivity index (χ0) is 10.6. The third-order valence-corrected chi connectivity index (χ3v) is 2.12. The van der Waals surface area contributed by atoms with Gasteiger partial charge in [0.25, 0.3) is 0 Å². The van der Waals surface area contributed by atoms with Crippen LogP contribution in [0.3, 0.4) is 0 Å². The monoisotopic (exact) mass is 193 g/mol. The summed E-state index contributed by atoms with van der Waals surface area (Å²) in [5.74, 6) is 1.19. The largest absolute Gasteiger partial charge is 0.357 e. The van der Waals surface area contributed by atoms with E-state index < -0.39 is 0 Å². The Hall–Kier alpha value is -1.12. The molecule has 0 amide bonds. The molecule has 0 aliphatic carbocycles. The van der Waals surface area contributed by atoms with Crippen molar-refractivity contribution in [1.82, 2.24) is 9.97 Å². The lowest BCUT2D eigenvalue weighted by Crippen LogP contribution is -2.04. The molecule has 0 fully saturated rings. The van der Waals surface area contributed by atoms with E-state index in [1.165, 1.54) is 0 Å². The standard InChI is InChI=1S/C11H19N3/c1-5-6-9-7-10(8(2)3)14-11(12-4)13-9/h7-8H,5-6H2,1-4H3,(H,12,13,14). The van der Waals surface area contributed by atoms with Crippen LogP contribution in [0.25, 0.3) is 0 Å². The van der Waals surface area contributed by atoms with Crippen molar-refractivity contribution in [2.45, 2.75) is 39.5 Å². The Kier molecular flexibility index (Phi) is 3.86. The number of aryl methyl sites for hydroxylation is 1. The molecule has 1 rings (SSSR count). The van der Waals surface area contributed by atoms with Gasteiger partial charge in [-0.1, -0.05) is 27.2 Å². The van der Waals surface area contributed by atoms with Gasteiger partial charge in [0.1, 0.15) is 0 Å². The van der Waals surface area contributed by atoms with Gasteiger partial charge in [0.15, 0.2) is 0 Å². The zero-order valence-electron chi connectivity index (χ0n) is 9.46. The summed E-state index contributed by atoms with van der Waals surface area (Å²) in [6, 6.07) is 2.11. The maximum absolute atomic E-state index is 4.41. The number of nitrogens with one attached hydrogen (secondary N) is 1. The van der Waals surface area contributed by atoms with Gasteiger partial charge >= 0.3 is 0 Å². The maximum Gasteiger partial charge on any atom is 0.222 e. The third kappa shape index (κ3) is 2.69. The van der Waals surface area contributed by atoms with Gasteiger partial charge in [-0.05, 0) is 18.4 Å². The van der Waals surface area contributed by atoms with E-state index in [0.717, 1.165) is 30.2 Å². The Morgan fingerprint density at radius 1 is 1.36 bits per heavy atom. The number of hydrogen-bond donors (Lipinski definition) is 1. The van der Waals surface area contributed by atoms with Crippen LogP contribution < -0.4 is 5.32 Å². The molecule has 0 aliphatic heterocycles. The molecular weight excluding hydrogens is 174 g/mol. The smallest absolute Gasteiger partial charge is 0.222 e. The van der Waals surface area contributed by atoms with E-state index >= 15 is 0 Å². The quantitative estimate of drug-likeness (QED) is 0.798. The van der Waals surface area contributed by atoms with Crippen LogP contribution in [-0.4, -0.2) is 17.0 Å². The average Bonchev–Trinajstić information content (AvgIpc) is 2.17. The number of nitrogens with zero attached hydrogens (tertiary/aromatic N) is 2. The summed E-state index contributed by atoms with van der Waals surface area (Å²) in [4.78, 5) is 8.81. The van der Waals surface area contributed by atoms with E-state index in [1.807, 2.05) is 7.05 Å². The third-order valence-electron chi connectivity index (χ3n) is 2.12. The van der Waals surface area contributed by atoms with Gasteiger partial charge in [0, 0.05) is 18.4 Å². The Bertz CT molecular complexity index is 295. The number of aromatic nitrogens is 2. The number of hydrogen-bond acceptors (Lipinski definition) is 3. The minimum Gasteiger partial charge on any atom is -0.357 e. The number of rotatable bonds is 4. The molecular formula is C11H19N3. The van der Waals surface area contributed by atoms with Crippen molar-refractivity contribution >= 4 is 5.95 Å². The van der Waals surface area contributed by atoms with Crippen LogP contribution in [-0.2, 0) is 6.42 Å². The SMILES string of the molecule is CCCc1cc(C(C)C)nc(NC)n1. The highest BCUT2D eigenvalue weighted by Gasteiger charge is 2.05. The minimum absolute atomic E-state index is 0.459. The van der Waals surface area contributed by atoms with Gasteiger partial charge in [0.2, 0.25) is 5.95 Å². The Morgan fingerprint density at radius 3 is 2.57 bits per heavy atom. The van der Waals surface area contributed by atoms with Crippen molar-refractivity contribution < 1.29 is 0 Å². The highest BCUT2D eigenvalue weighted by atomic mass is 15.1. The van der Waals surface area contributed by atoms with Gasteiger partial charge in [0.05, 0.1) is 0 Å². The van der Waals surface area contributed by atoms with E-state index in [2.05, 4.69) is 42.1 Å². The second kappa shape index (κ2) is 4.94. The summed E-state index contributed by atoms with van der Waals surface area (Å²) < 4.78 is 0. The fraction of sp³-hybridized carbons (Fsp3) is 0.636. The molecule has 0 aromatic carbocycles. The molecule has 14 heavy (non-hydrogen) atoms. The molecule has 0 unspecified atom stereocenters. The van der Waals surface area contributed by atoms with Crippen molar-refractivity contribution in [2.75, 3.05) is 12.4 Å². The predicted octanol–water partition coefficient (Wildman–Crippen LogP) is 2.59. The lowest BCUT2D eigenvalue weighted by molar-refractivity contribution is 0.793. The van der Waals surface area contributed by atoms with E-state index in [1.54, 1.807) is 0 Å². The van der Waals surface area contributed by atoms with Crippen LogP contribution in [0.1, 0.15) is 44.5 Å². The van der Waals surface area contributed by atoms with E-state index in [4.69, 9.17) is 0 Å². The van der Waals surface area contributed by atoms with Gasteiger partial charge in [-0.15, -0.1) is 0 Å². The Morgan fingerprint density at radius 2 is 2.07 bits per heavy atom. The first-order valence-corrected chi connectivity index (χ1v) is 5.23. The summed E-state index contributed by atoms with van der Waals surface area (Å²) >= 11 is 0. The molecule has 0 saturated heterocycles. The molecule has 0 aliphatic rings. The highest BCUT2D eigenvalue weighted by molar-refractivity contribution is 5.28. The van der Waals surface area contributed by atoms with Crippen LogP contribution in [0.4, 0.5) is 5.95 Å². The summed E-state index contributed by atoms with van der Waals surface area (Å²) in [6.45, 7) is 6.46. The Labute approximate surface area is 86.0 Å². The molecule has 0 radical (unpaired) electrons. The van der Waals surface area contributed by atoms with Gasteiger partial charge < -0.3 is 5.32 Å². The number of anilines is 1. The molecule has 1 aromatic heterocycles. The maximum atomic E-state index is 4.41. The summed E-state index contributed by atoms with van der Waals surface area (Å²) in [7, 11) is 1.86. The normalized spacial score (nSPS) is 10.6. The molecule has 0 saturated carbocycles. The molecule has 1 aromatic rings. The minimum atomic E-state index is 0.459. The molecule has 3 nitrogen and oxygen atoms in total. The van der Waals surface area contributed by atoms with Crippen LogP contribution in [0.15, 0.2) is 6.07 Å². The molecule has 1 heterocycles. The van der Waals surface area contributed by atoms with Gasteiger partial charge in [-0.25, -0.2) is 9.97 Å². The van der Waals surface area contributed by atoms with E-state index in [-0.39, 0.29) is 0 Å². The fourth-order valence-electron chi connectivity index (χ4n) is 1.31. The first-order chi connectivity index (χ1) is 6.67. The fourth-order valence-corrected chi connectivity index (χ4v) is 1.31. The van der Waals surface area contributed by atoms with Gasteiger partial charge in [-0.2, -0.15) is 0 Å². The molecule has 0 bridgehead atoms. The molecule has 1 N–H and O–H groups in total. The van der Waals surface area contributed by atoms with Crippen molar-refractivity contribution in [2.24, 2.45) is 0 Å². The lowest BCUT2D eigenvalue weighted by Gasteiger charge is -2.09. The second-order valence-electron chi connectivity index (χ2n) is 3.76. The average molecular weight is 193 g/mol. The van der Waals surface area contributed by atoms with Crippen molar-refractivity contribution in [1.29, 1.82) is 0 Å². The lowest BCUT2D eigenvalue weighted by atomic mass is 10.1. The van der Waals surface area contributed by atoms with Crippen LogP contribution in [0.2, 0.25) is 0 Å². The highest BCUT2D eigenvalue weighted by Crippen LogP contribution is 2.15. The van der Waals surface area contributed by atoms with Crippen molar-refractivity contribution in [3.63, 3.8) is 0 Å². The molecule has 0 atom stereocenters.